The van der Waals surface area contributed by atoms with Gasteiger partial charge < -0.3 is 14.8 Å². The first-order valence-corrected chi connectivity index (χ1v) is 10.6. The van der Waals surface area contributed by atoms with E-state index in [1.807, 2.05) is 35.7 Å². The van der Waals surface area contributed by atoms with Crippen molar-refractivity contribution in [3.63, 3.8) is 0 Å². The van der Waals surface area contributed by atoms with Crippen molar-refractivity contribution in [2.75, 3.05) is 18.4 Å². The predicted octanol–water partition coefficient (Wildman–Crippen LogP) is 2.88. The van der Waals surface area contributed by atoms with Crippen LogP contribution in [0, 0.1) is 5.92 Å². The standard InChI is InChI=1S/C21H32N6O2/c1-4-18-22-10-14-25(18)13-8-21(29)26-11-6-17(7-12-26)27-19(5-9-23-27)24-20(28)15-16(2)3/h5,9-10,14,16-17H,4,6-8,11-13,15H2,1-3H3,(H,24,28). The smallest absolute Gasteiger partial charge is 0.225 e. The van der Waals surface area contributed by atoms with Gasteiger partial charge in [0, 0.05) is 57.4 Å². The normalized spacial score (nSPS) is 15.1. The summed E-state index contributed by atoms with van der Waals surface area (Å²) in [6.45, 7) is 8.23. The zero-order chi connectivity index (χ0) is 20.8. The lowest BCUT2D eigenvalue weighted by molar-refractivity contribution is -0.132. The number of nitrogens with zero attached hydrogens (tertiary/aromatic N) is 5. The molecular formula is C21H32N6O2. The molecule has 2 amide bonds. The lowest BCUT2D eigenvalue weighted by atomic mass is 10.0. The van der Waals surface area contributed by atoms with Crippen LogP contribution in [-0.4, -0.2) is 49.1 Å². The first-order chi connectivity index (χ1) is 14.0. The molecule has 0 aliphatic carbocycles. The third-order valence-electron chi connectivity index (χ3n) is 5.38. The first-order valence-electron chi connectivity index (χ1n) is 10.6. The maximum absolute atomic E-state index is 12.6. The number of carbonyl (C=O) groups is 2. The summed E-state index contributed by atoms with van der Waals surface area (Å²) in [7, 11) is 0. The highest BCUT2D eigenvalue weighted by Crippen LogP contribution is 2.26. The van der Waals surface area contributed by atoms with Crippen molar-refractivity contribution < 1.29 is 9.59 Å². The van der Waals surface area contributed by atoms with Crippen molar-refractivity contribution in [2.45, 2.75) is 65.5 Å². The molecule has 0 unspecified atom stereocenters. The molecule has 0 spiro atoms. The number of anilines is 1. The molecular weight excluding hydrogens is 368 g/mol. The number of piperidine rings is 1. The van der Waals surface area contributed by atoms with E-state index in [0.717, 1.165) is 30.9 Å². The van der Waals surface area contributed by atoms with Crippen molar-refractivity contribution in [3.05, 3.63) is 30.5 Å². The molecule has 0 radical (unpaired) electrons. The number of carbonyl (C=O) groups excluding carboxylic acids is 2. The molecule has 29 heavy (non-hydrogen) atoms. The van der Waals surface area contributed by atoms with Gasteiger partial charge in [-0.2, -0.15) is 5.10 Å². The zero-order valence-corrected chi connectivity index (χ0v) is 17.7. The highest BCUT2D eigenvalue weighted by molar-refractivity contribution is 5.89. The predicted molar refractivity (Wildman–Crippen MR) is 111 cm³/mol. The molecule has 0 atom stereocenters. The summed E-state index contributed by atoms with van der Waals surface area (Å²) < 4.78 is 3.96. The van der Waals surface area contributed by atoms with E-state index in [9.17, 15) is 9.59 Å². The summed E-state index contributed by atoms with van der Waals surface area (Å²) in [4.78, 5) is 31.0. The van der Waals surface area contributed by atoms with Gasteiger partial charge in [-0.05, 0) is 18.8 Å². The van der Waals surface area contributed by atoms with Crippen molar-refractivity contribution in [1.82, 2.24) is 24.2 Å². The van der Waals surface area contributed by atoms with Gasteiger partial charge in [0.2, 0.25) is 11.8 Å². The summed E-state index contributed by atoms with van der Waals surface area (Å²) >= 11 is 0. The van der Waals surface area contributed by atoms with Crippen LogP contribution in [0.15, 0.2) is 24.7 Å². The molecule has 3 heterocycles. The van der Waals surface area contributed by atoms with Crippen molar-refractivity contribution >= 4 is 17.6 Å². The van der Waals surface area contributed by atoms with Gasteiger partial charge in [-0.25, -0.2) is 9.67 Å². The number of rotatable bonds is 8. The van der Waals surface area contributed by atoms with Crippen molar-refractivity contribution in [2.24, 2.45) is 5.92 Å². The van der Waals surface area contributed by atoms with Gasteiger partial charge in [-0.1, -0.05) is 20.8 Å². The van der Waals surface area contributed by atoms with Crippen LogP contribution in [-0.2, 0) is 22.6 Å². The van der Waals surface area contributed by atoms with E-state index in [2.05, 4.69) is 26.9 Å². The number of aromatic nitrogens is 4. The molecule has 1 aliphatic heterocycles. The summed E-state index contributed by atoms with van der Waals surface area (Å²) in [6, 6.07) is 2.04. The summed E-state index contributed by atoms with van der Waals surface area (Å²) in [5.74, 6) is 2.27. The number of imidazole rings is 1. The van der Waals surface area contributed by atoms with E-state index in [0.29, 0.717) is 38.4 Å². The third kappa shape index (κ3) is 5.46. The van der Waals surface area contributed by atoms with Gasteiger partial charge in [-0.15, -0.1) is 0 Å². The van der Waals surface area contributed by atoms with Crippen LogP contribution in [0.5, 0.6) is 0 Å². The minimum Gasteiger partial charge on any atom is -0.342 e. The number of hydrogen-bond acceptors (Lipinski definition) is 4. The molecule has 1 fully saturated rings. The Morgan fingerprint density at radius 1 is 1.24 bits per heavy atom. The fourth-order valence-corrected chi connectivity index (χ4v) is 3.86. The molecule has 0 bridgehead atoms. The molecule has 2 aromatic heterocycles. The van der Waals surface area contributed by atoms with Gasteiger partial charge in [-0.3, -0.25) is 9.59 Å². The van der Waals surface area contributed by atoms with Crippen LogP contribution in [0.1, 0.15) is 58.3 Å². The zero-order valence-electron chi connectivity index (χ0n) is 17.7. The van der Waals surface area contributed by atoms with E-state index in [4.69, 9.17) is 0 Å². The topological polar surface area (TPSA) is 85.1 Å². The molecule has 1 saturated heterocycles. The van der Waals surface area contributed by atoms with Crippen molar-refractivity contribution in [1.29, 1.82) is 0 Å². The third-order valence-corrected chi connectivity index (χ3v) is 5.38. The second-order valence-electron chi connectivity index (χ2n) is 8.06. The fourth-order valence-electron chi connectivity index (χ4n) is 3.86. The van der Waals surface area contributed by atoms with Crippen LogP contribution in [0.25, 0.3) is 0 Å². The number of likely N-dealkylation sites (tertiary alicyclic amines) is 1. The minimum absolute atomic E-state index is 0.0142. The highest BCUT2D eigenvalue weighted by Gasteiger charge is 2.25. The number of amides is 2. The Labute approximate surface area is 172 Å². The van der Waals surface area contributed by atoms with Gasteiger partial charge in [0.1, 0.15) is 11.6 Å². The molecule has 0 aromatic carbocycles. The van der Waals surface area contributed by atoms with Gasteiger partial charge in [0.05, 0.1) is 12.2 Å². The molecule has 8 nitrogen and oxygen atoms in total. The fraction of sp³-hybridized carbons (Fsp3) is 0.619. The van der Waals surface area contributed by atoms with Gasteiger partial charge in [0.15, 0.2) is 0 Å². The molecule has 158 valence electrons. The molecule has 3 rings (SSSR count). The van der Waals surface area contributed by atoms with E-state index in [1.54, 1.807) is 12.4 Å². The average molecular weight is 401 g/mol. The molecule has 0 saturated carbocycles. The Hall–Kier alpha value is -2.64. The van der Waals surface area contributed by atoms with E-state index >= 15 is 0 Å². The second kappa shape index (κ2) is 9.71. The number of nitrogens with one attached hydrogen (secondary N) is 1. The van der Waals surface area contributed by atoms with Crippen LogP contribution in [0.2, 0.25) is 0 Å². The molecule has 8 heteroatoms. The van der Waals surface area contributed by atoms with Crippen LogP contribution >= 0.6 is 0 Å². The van der Waals surface area contributed by atoms with E-state index in [-0.39, 0.29) is 17.9 Å². The molecule has 1 aliphatic rings. The highest BCUT2D eigenvalue weighted by atomic mass is 16.2. The summed E-state index contributed by atoms with van der Waals surface area (Å²) in [5.41, 5.74) is 0. The van der Waals surface area contributed by atoms with Crippen molar-refractivity contribution in [3.8, 4) is 0 Å². The lowest BCUT2D eigenvalue weighted by Crippen LogP contribution is -2.39. The molecule has 1 N–H and O–H groups in total. The molecule has 2 aromatic rings. The second-order valence-corrected chi connectivity index (χ2v) is 8.06. The Balaban J connectivity index is 1.50. The quantitative estimate of drug-likeness (QED) is 0.738. The maximum atomic E-state index is 12.6. The Morgan fingerprint density at radius 3 is 2.69 bits per heavy atom. The monoisotopic (exact) mass is 400 g/mol. The Bertz CT molecular complexity index is 817. The van der Waals surface area contributed by atoms with Gasteiger partial charge in [0.25, 0.3) is 0 Å². The maximum Gasteiger partial charge on any atom is 0.225 e. The lowest BCUT2D eigenvalue weighted by Gasteiger charge is -2.33. The van der Waals surface area contributed by atoms with Crippen LogP contribution < -0.4 is 5.32 Å². The van der Waals surface area contributed by atoms with E-state index < -0.39 is 0 Å². The minimum atomic E-state index is 0.0142. The first kappa shape index (κ1) is 21.1. The van der Waals surface area contributed by atoms with Crippen LogP contribution in [0.4, 0.5) is 5.82 Å². The van der Waals surface area contributed by atoms with Crippen LogP contribution in [0.3, 0.4) is 0 Å². The Morgan fingerprint density at radius 2 is 2.00 bits per heavy atom. The number of hydrogen-bond donors (Lipinski definition) is 1. The summed E-state index contributed by atoms with van der Waals surface area (Å²) in [6.07, 6.45) is 8.98. The average Bonchev–Trinajstić information content (AvgIpc) is 3.34. The SMILES string of the molecule is CCc1nccn1CCC(=O)N1CCC(n2nccc2NC(=O)CC(C)C)CC1. The number of aryl methyl sites for hydroxylation is 2. The summed E-state index contributed by atoms with van der Waals surface area (Å²) in [5, 5.41) is 7.39. The largest absolute Gasteiger partial charge is 0.342 e. The Kier molecular flexibility index (Phi) is 7.06. The van der Waals surface area contributed by atoms with Gasteiger partial charge >= 0.3 is 0 Å². The van der Waals surface area contributed by atoms with E-state index in [1.165, 1.54) is 0 Å².